The van der Waals surface area contributed by atoms with Crippen molar-refractivity contribution in [2.75, 3.05) is 4.90 Å². The molecule has 0 bridgehead atoms. The molecule has 0 spiro atoms. The first-order valence-electron chi connectivity index (χ1n) is 9.74. The highest BCUT2D eigenvalue weighted by atomic mass is 16.2. The van der Waals surface area contributed by atoms with Crippen LogP contribution in [0.4, 0.5) is 5.69 Å². The largest absolute Gasteiger partial charge is 0.352 e. The van der Waals surface area contributed by atoms with E-state index >= 15 is 0 Å². The molecule has 0 saturated carbocycles. The third-order valence-electron chi connectivity index (χ3n) is 4.59. The van der Waals surface area contributed by atoms with Crippen LogP contribution in [0.2, 0.25) is 0 Å². The summed E-state index contributed by atoms with van der Waals surface area (Å²) in [5.74, 6) is -0.0190. The summed E-state index contributed by atoms with van der Waals surface area (Å²) in [6, 6.07) is 21.3. The van der Waals surface area contributed by atoms with Gasteiger partial charge >= 0.3 is 0 Å². The van der Waals surface area contributed by atoms with E-state index in [0.29, 0.717) is 19.5 Å². The Hall–Kier alpha value is -3.47. The van der Waals surface area contributed by atoms with Crippen molar-refractivity contribution in [2.45, 2.75) is 32.9 Å². The normalized spacial score (nSPS) is 10.4. The summed E-state index contributed by atoms with van der Waals surface area (Å²) >= 11 is 0. The predicted molar refractivity (Wildman–Crippen MR) is 114 cm³/mol. The number of rotatable bonds is 8. The van der Waals surface area contributed by atoms with Gasteiger partial charge in [0, 0.05) is 31.0 Å². The Morgan fingerprint density at radius 3 is 2.41 bits per heavy atom. The third-order valence-corrected chi connectivity index (χ3v) is 4.59. The molecule has 3 rings (SSSR count). The van der Waals surface area contributed by atoms with Crippen molar-refractivity contribution in [1.82, 2.24) is 10.3 Å². The molecule has 0 aliphatic heterocycles. The summed E-state index contributed by atoms with van der Waals surface area (Å²) < 4.78 is 0. The number of benzene rings is 2. The maximum absolute atomic E-state index is 12.6. The molecule has 29 heavy (non-hydrogen) atoms. The minimum atomic E-state index is -0.0672. The summed E-state index contributed by atoms with van der Waals surface area (Å²) in [6.07, 6.45) is 4.12. The Morgan fingerprint density at radius 1 is 0.931 bits per heavy atom. The maximum Gasteiger partial charge on any atom is 0.227 e. The average molecular weight is 387 g/mol. The van der Waals surface area contributed by atoms with Crippen LogP contribution in [0, 0.1) is 0 Å². The second kappa shape index (κ2) is 10.2. The quantitative estimate of drug-likeness (QED) is 0.638. The highest BCUT2D eigenvalue weighted by molar-refractivity contribution is 5.93. The smallest absolute Gasteiger partial charge is 0.227 e. The molecule has 0 aliphatic rings. The monoisotopic (exact) mass is 387 g/mol. The van der Waals surface area contributed by atoms with Gasteiger partial charge in [0.25, 0.3) is 0 Å². The number of carbonyl (C=O) groups is 2. The first-order chi connectivity index (χ1) is 14.2. The van der Waals surface area contributed by atoms with E-state index in [4.69, 9.17) is 0 Å². The molecule has 1 aromatic heterocycles. The summed E-state index contributed by atoms with van der Waals surface area (Å²) in [6.45, 7) is 2.81. The molecule has 1 N–H and O–H groups in total. The number of nitrogens with zero attached hydrogens (tertiary/aromatic N) is 2. The molecule has 5 nitrogen and oxygen atoms in total. The average Bonchev–Trinajstić information content (AvgIpc) is 2.77. The number of aromatic nitrogens is 1. The molecule has 148 valence electrons. The number of amides is 2. The zero-order chi connectivity index (χ0) is 20.5. The van der Waals surface area contributed by atoms with Gasteiger partial charge in [0.05, 0.1) is 13.0 Å². The lowest BCUT2D eigenvalue weighted by Gasteiger charge is -2.23. The molecule has 5 heteroatoms. The number of nitrogens with one attached hydrogen (secondary N) is 1. The van der Waals surface area contributed by atoms with Gasteiger partial charge in [-0.25, -0.2) is 0 Å². The van der Waals surface area contributed by atoms with Gasteiger partial charge in [-0.05, 0) is 34.9 Å². The zero-order valence-electron chi connectivity index (χ0n) is 16.5. The van der Waals surface area contributed by atoms with Gasteiger partial charge in [0.2, 0.25) is 11.8 Å². The molecule has 2 amide bonds. The van der Waals surface area contributed by atoms with Crippen LogP contribution in [0.25, 0.3) is 0 Å². The van der Waals surface area contributed by atoms with E-state index in [1.807, 2.05) is 73.7 Å². The van der Waals surface area contributed by atoms with Crippen molar-refractivity contribution >= 4 is 17.5 Å². The van der Waals surface area contributed by atoms with Crippen LogP contribution in [-0.4, -0.2) is 16.8 Å². The predicted octanol–water partition coefficient (Wildman–Crippen LogP) is 3.88. The first-order valence-corrected chi connectivity index (χ1v) is 9.74. The van der Waals surface area contributed by atoms with E-state index in [1.165, 1.54) is 0 Å². The molecular weight excluding hydrogens is 362 g/mol. The fraction of sp³-hybridized carbons (Fsp3) is 0.208. The SMILES string of the molecule is CCC(=O)N(Cc1ccccc1)c1cccc(CC(=O)NCc2cccnc2)c1. The third kappa shape index (κ3) is 6.01. The fourth-order valence-electron chi connectivity index (χ4n) is 3.07. The van der Waals surface area contributed by atoms with E-state index < -0.39 is 0 Å². The van der Waals surface area contributed by atoms with Crippen LogP contribution >= 0.6 is 0 Å². The topological polar surface area (TPSA) is 62.3 Å². The van der Waals surface area contributed by atoms with E-state index in [1.54, 1.807) is 17.3 Å². The fourth-order valence-corrected chi connectivity index (χ4v) is 3.07. The van der Waals surface area contributed by atoms with Crippen molar-refractivity contribution in [2.24, 2.45) is 0 Å². The van der Waals surface area contributed by atoms with Gasteiger partial charge in [-0.3, -0.25) is 14.6 Å². The van der Waals surface area contributed by atoms with E-state index in [2.05, 4.69) is 10.3 Å². The molecule has 0 fully saturated rings. The number of pyridine rings is 1. The molecule has 0 radical (unpaired) electrons. The standard InChI is InChI=1S/C24H25N3O2/c1-2-24(29)27(18-19-8-4-3-5-9-19)22-12-6-10-20(14-22)15-23(28)26-17-21-11-7-13-25-16-21/h3-14,16H,2,15,17-18H2,1H3,(H,26,28). The highest BCUT2D eigenvalue weighted by Gasteiger charge is 2.15. The minimum absolute atomic E-state index is 0.0482. The second-order valence-electron chi connectivity index (χ2n) is 6.80. The number of anilines is 1. The van der Waals surface area contributed by atoms with Crippen molar-refractivity contribution in [1.29, 1.82) is 0 Å². The van der Waals surface area contributed by atoms with Crippen molar-refractivity contribution in [3.8, 4) is 0 Å². The molecule has 1 heterocycles. The van der Waals surface area contributed by atoms with E-state index in [0.717, 1.165) is 22.4 Å². The van der Waals surface area contributed by atoms with Gasteiger partial charge < -0.3 is 10.2 Å². The minimum Gasteiger partial charge on any atom is -0.352 e. The van der Waals surface area contributed by atoms with Crippen LogP contribution < -0.4 is 10.2 Å². The van der Waals surface area contributed by atoms with Crippen molar-refractivity contribution in [3.63, 3.8) is 0 Å². The van der Waals surface area contributed by atoms with Gasteiger partial charge in [0.15, 0.2) is 0 Å². The Bertz CT molecular complexity index is 943. The number of hydrogen-bond acceptors (Lipinski definition) is 3. The lowest BCUT2D eigenvalue weighted by atomic mass is 10.1. The number of hydrogen-bond donors (Lipinski definition) is 1. The summed E-state index contributed by atoms with van der Waals surface area (Å²) in [7, 11) is 0. The van der Waals surface area contributed by atoms with Gasteiger partial charge in [-0.2, -0.15) is 0 Å². The molecule has 0 aliphatic carbocycles. The Balaban J connectivity index is 1.69. The molecule has 0 saturated heterocycles. The second-order valence-corrected chi connectivity index (χ2v) is 6.80. The highest BCUT2D eigenvalue weighted by Crippen LogP contribution is 2.20. The molecule has 0 atom stereocenters. The van der Waals surface area contributed by atoms with Crippen LogP contribution in [0.5, 0.6) is 0 Å². The van der Waals surface area contributed by atoms with E-state index in [9.17, 15) is 9.59 Å². The maximum atomic E-state index is 12.6. The Kier molecular flexibility index (Phi) is 7.11. The summed E-state index contributed by atoms with van der Waals surface area (Å²) in [5.41, 5.74) is 3.69. The Morgan fingerprint density at radius 2 is 1.69 bits per heavy atom. The zero-order valence-corrected chi connectivity index (χ0v) is 16.5. The lowest BCUT2D eigenvalue weighted by Crippen LogP contribution is -2.30. The molecule has 3 aromatic rings. The van der Waals surface area contributed by atoms with Crippen molar-refractivity contribution in [3.05, 3.63) is 95.8 Å². The van der Waals surface area contributed by atoms with Crippen LogP contribution in [0.1, 0.15) is 30.0 Å². The number of carbonyl (C=O) groups excluding carboxylic acids is 2. The van der Waals surface area contributed by atoms with Crippen molar-refractivity contribution < 1.29 is 9.59 Å². The lowest BCUT2D eigenvalue weighted by molar-refractivity contribution is -0.120. The summed E-state index contributed by atoms with van der Waals surface area (Å²) in [4.78, 5) is 30.7. The molecule has 0 unspecified atom stereocenters. The van der Waals surface area contributed by atoms with E-state index in [-0.39, 0.29) is 18.2 Å². The van der Waals surface area contributed by atoms with Gasteiger partial charge in [-0.15, -0.1) is 0 Å². The van der Waals surface area contributed by atoms with Gasteiger partial charge in [-0.1, -0.05) is 55.5 Å². The van der Waals surface area contributed by atoms with Gasteiger partial charge in [0.1, 0.15) is 0 Å². The Labute approximate surface area is 171 Å². The first kappa shape index (κ1) is 20.3. The summed E-state index contributed by atoms with van der Waals surface area (Å²) in [5, 5.41) is 2.91. The molecule has 2 aromatic carbocycles. The van der Waals surface area contributed by atoms with Crippen LogP contribution in [0.15, 0.2) is 79.1 Å². The van der Waals surface area contributed by atoms with Crippen LogP contribution in [-0.2, 0) is 29.1 Å². The molecular formula is C24H25N3O2. The van der Waals surface area contributed by atoms with Crippen LogP contribution in [0.3, 0.4) is 0 Å².